The van der Waals surface area contributed by atoms with Crippen LogP contribution < -0.4 is 9.64 Å². The van der Waals surface area contributed by atoms with E-state index in [0.29, 0.717) is 6.54 Å². The minimum Gasteiger partial charge on any atom is -0.434 e. The molecule has 1 aliphatic rings. The molecule has 144 valence electrons. The fraction of sp³-hybridized carbons (Fsp3) is 0.350. The molecule has 0 aliphatic carbocycles. The van der Waals surface area contributed by atoms with Crippen molar-refractivity contribution in [2.75, 3.05) is 38.3 Å². The van der Waals surface area contributed by atoms with Gasteiger partial charge in [0.1, 0.15) is 5.75 Å². The molecule has 1 aliphatic heterocycles. The van der Waals surface area contributed by atoms with Crippen LogP contribution in [0.2, 0.25) is 0 Å². The molecule has 2 aromatic rings. The van der Waals surface area contributed by atoms with E-state index in [9.17, 15) is 13.6 Å². The molecule has 0 bridgehead atoms. The summed E-state index contributed by atoms with van der Waals surface area (Å²) < 4.78 is 34.9. The maximum Gasteiger partial charge on any atom is 0.387 e. The largest absolute Gasteiger partial charge is 0.434 e. The van der Waals surface area contributed by atoms with Gasteiger partial charge in [-0.3, -0.25) is 4.79 Å². The molecule has 2 aromatic carbocycles. The van der Waals surface area contributed by atoms with Crippen molar-refractivity contribution < 1.29 is 23.0 Å². The number of para-hydroxylation sites is 1. The highest BCUT2D eigenvalue weighted by Crippen LogP contribution is 2.23. The summed E-state index contributed by atoms with van der Waals surface area (Å²) in [6.07, 6.45) is 0. The van der Waals surface area contributed by atoms with E-state index in [-0.39, 0.29) is 17.2 Å². The maximum atomic E-state index is 12.6. The summed E-state index contributed by atoms with van der Waals surface area (Å²) in [6.45, 7) is 0.553. The van der Waals surface area contributed by atoms with Gasteiger partial charge >= 0.3 is 6.61 Å². The molecule has 0 saturated carbocycles. The lowest BCUT2D eigenvalue weighted by molar-refractivity contribution is -0.0502. The number of halogens is 2. The first kappa shape index (κ1) is 19.1. The first-order valence-corrected chi connectivity index (χ1v) is 8.75. The Kier molecular flexibility index (Phi) is 6.24. The molecular formula is C20H22F2N2O3. The summed E-state index contributed by atoms with van der Waals surface area (Å²) in [4.78, 5) is 16.4. The summed E-state index contributed by atoms with van der Waals surface area (Å²) in [5, 5.41) is 0. The molecule has 0 N–H and O–H groups in total. The quantitative estimate of drug-likeness (QED) is 0.775. The second-order valence-electron chi connectivity index (χ2n) is 6.30. The zero-order valence-electron chi connectivity index (χ0n) is 15.1. The number of ether oxygens (including phenoxy) is 2. The van der Waals surface area contributed by atoms with Crippen LogP contribution in [-0.4, -0.2) is 50.8 Å². The number of carbonyl (C=O) groups excluding carboxylic acids is 1. The number of hydrogen-bond donors (Lipinski definition) is 0. The number of nitrogens with zero attached hydrogens (tertiary/aromatic N) is 2. The smallest absolute Gasteiger partial charge is 0.387 e. The Morgan fingerprint density at radius 1 is 1.15 bits per heavy atom. The van der Waals surface area contributed by atoms with Crippen molar-refractivity contribution in [1.29, 1.82) is 0 Å². The number of hydrogen-bond acceptors (Lipinski definition) is 4. The van der Waals surface area contributed by atoms with E-state index in [4.69, 9.17) is 4.74 Å². The lowest BCUT2D eigenvalue weighted by Crippen LogP contribution is -2.36. The van der Waals surface area contributed by atoms with Crippen molar-refractivity contribution in [1.82, 2.24) is 4.90 Å². The molecule has 1 heterocycles. The predicted octanol–water partition coefficient (Wildman–Crippen LogP) is 3.40. The molecule has 5 nitrogen and oxygen atoms in total. The molecule has 0 atom stereocenters. The van der Waals surface area contributed by atoms with E-state index in [1.165, 1.54) is 17.0 Å². The van der Waals surface area contributed by atoms with Gasteiger partial charge < -0.3 is 19.3 Å². The van der Waals surface area contributed by atoms with E-state index < -0.39 is 6.61 Å². The van der Waals surface area contributed by atoms with Gasteiger partial charge in [-0.15, -0.1) is 0 Å². The molecule has 1 amide bonds. The summed E-state index contributed by atoms with van der Waals surface area (Å²) in [5.41, 5.74) is 2.19. The van der Waals surface area contributed by atoms with Crippen LogP contribution in [-0.2, 0) is 11.3 Å². The Hall–Kier alpha value is -2.67. The van der Waals surface area contributed by atoms with Gasteiger partial charge in [-0.05, 0) is 29.8 Å². The van der Waals surface area contributed by atoms with Crippen molar-refractivity contribution in [3.05, 3.63) is 59.7 Å². The van der Waals surface area contributed by atoms with Crippen LogP contribution in [0.25, 0.3) is 0 Å². The maximum absolute atomic E-state index is 12.6. The molecule has 1 saturated heterocycles. The average Bonchev–Trinajstić information content (AvgIpc) is 2.68. The standard InChI is InChI=1S/C20H22F2N2O3/c1-23(19(25)17-4-2-3-5-18(17)27-20(21)22)14-15-6-8-16(9-7-15)24-10-12-26-13-11-24/h2-9,20H,10-14H2,1H3. The SMILES string of the molecule is CN(Cc1ccc(N2CCOCC2)cc1)C(=O)c1ccccc1OC(F)F. The Labute approximate surface area is 157 Å². The van der Waals surface area contributed by atoms with E-state index >= 15 is 0 Å². The van der Waals surface area contributed by atoms with Gasteiger partial charge in [0.05, 0.1) is 18.8 Å². The number of anilines is 1. The summed E-state index contributed by atoms with van der Waals surface area (Å²) in [5.74, 6) is -0.490. The minimum absolute atomic E-state index is 0.116. The minimum atomic E-state index is -2.98. The van der Waals surface area contributed by atoms with Crippen molar-refractivity contribution in [3.63, 3.8) is 0 Å². The third-order valence-corrected chi connectivity index (χ3v) is 4.41. The molecule has 0 spiro atoms. The number of benzene rings is 2. The normalized spacial score (nSPS) is 14.3. The zero-order chi connectivity index (χ0) is 19.2. The van der Waals surface area contributed by atoms with Gasteiger partial charge in [-0.2, -0.15) is 8.78 Å². The number of alkyl halides is 2. The second kappa shape index (κ2) is 8.81. The van der Waals surface area contributed by atoms with Crippen LogP contribution >= 0.6 is 0 Å². The van der Waals surface area contributed by atoms with Crippen LogP contribution in [0.3, 0.4) is 0 Å². The summed E-state index contributed by atoms with van der Waals surface area (Å²) >= 11 is 0. The molecule has 1 fully saturated rings. The Morgan fingerprint density at radius 2 is 1.81 bits per heavy atom. The molecule has 0 aromatic heterocycles. The van der Waals surface area contributed by atoms with Crippen molar-refractivity contribution >= 4 is 11.6 Å². The molecule has 0 unspecified atom stereocenters. The van der Waals surface area contributed by atoms with Gasteiger partial charge in [-0.1, -0.05) is 24.3 Å². The lowest BCUT2D eigenvalue weighted by Gasteiger charge is -2.29. The van der Waals surface area contributed by atoms with Crippen molar-refractivity contribution in [2.24, 2.45) is 0 Å². The first-order chi connectivity index (χ1) is 13.0. The van der Waals surface area contributed by atoms with Crippen molar-refractivity contribution in [3.8, 4) is 5.75 Å². The fourth-order valence-electron chi connectivity index (χ4n) is 3.03. The van der Waals surface area contributed by atoms with E-state index in [2.05, 4.69) is 9.64 Å². The first-order valence-electron chi connectivity index (χ1n) is 8.75. The number of rotatable bonds is 6. The van der Waals surface area contributed by atoms with Crippen LogP contribution in [0.1, 0.15) is 15.9 Å². The predicted molar refractivity (Wildman–Crippen MR) is 98.3 cm³/mol. The number of amides is 1. The van der Waals surface area contributed by atoms with Gasteiger partial charge in [0.25, 0.3) is 5.91 Å². The Balaban J connectivity index is 1.66. The number of carbonyl (C=O) groups is 1. The highest BCUT2D eigenvalue weighted by atomic mass is 19.3. The third kappa shape index (κ3) is 4.95. The summed E-state index contributed by atoms with van der Waals surface area (Å²) in [7, 11) is 1.64. The molecule has 27 heavy (non-hydrogen) atoms. The van der Waals surface area contributed by atoms with Crippen LogP contribution in [0.4, 0.5) is 14.5 Å². The summed E-state index contributed by atoms with van der Waals surface area (Å²) in [6, 6.07) is 14.0. The Morgan fingerprint density at radius 3 is 2.48 bits per heavy atom. The Bertz CT molecular complexity index is 762. The molecular weight excluding hydrogens is 354 g/mol. The van der Waals surface area contributed by atoms with Crippen LogP contribution in [0.5, 0.6) is 5.75 Å². The average molecular weight is 376 g/mol. The van der Waals surface area contributed by atoms with Gasteiger partial charge in [-0.25, -0.2) is 0 Å². The molecule has 3 rings (SSSR count). The molecule has 7 heteroatoms. The van der Waals surface area contributed by atoms with Gasteiger partial charge in [0, 0.05) is 32.4 Å². The van der Waals surface area contributed by atoms with Gasteiger partial charge in [0.15, 0.2) is 0 Å². The van der Waals surface area contributed by atoms with Gasteiger partial charge in [0.2, 0.25) is 0 Å². The number of morpholine rings is 1. The van der Waals surface area contributed by atoms with Crippen LogP contribution in [0.15, 0.2) is 48.5 Å². The highest BCUT2D eigenvalue weighted by Gasteiger charge is 2.19. The van der Waals surface area contributed by atoms with E-state index in [0.717, 1.165) is 37.6 Å². The van der Waals surface area contributed by atoms with E-state index in [1.54, 1.807) is 19.2 Å². The highest BCUT2D eigenvalue weighted by molar-refractivity contribution is 5.96. The monoisotopic (exact) mass is 376 g/mol. The zero-order valence-corrected chi connectivity index (χ0v) is 15.1. The topological polar surface area (TPSA) is 42.0 Å². The van der Waals surface area contributed by atoms with E-state index in [1.807, 2.05) is 24.3 Å². The van der Waals surface area contributed by atoms with Crippen molar-refractivity contribution in [2.45, 2.75) is 13.2 Å². The second-order valence-corrected chi connectivity index (χ2v) is 6.30. The third-order valence-electron chi connectivity index (χ3n) is 4.41. The molecule has 0 radical (unpaired) electrons. The van der Waals surface area contributed by atoms with Crippen LogP contribution in [0, 0.1) is 0 Å². The lowest BCUT2D eigenvalue weighted by atomic mass is 10.1. The fourth-order valence-corrected chi connectivity index (χ4v) is 3.03.